The van der Waals surface area contributed by atoms with Crippen molar-refractivity contribution < 1.29 is 9.18 Å². The van der Waals surface area contributed by atoms with E-state index in [0.29, 0.717) is 0 Å². The molecule has 2 N–H and O–H groups in total. The molecule has 0 aromatic heterocycles. The van der Waals surface area contributed by atoms with E-state index < -0.39 is 12.6 Å². The number of halogens is 1. The summed E-state index contributed by atoms with van der Waals surface area (Å²) in [6.45, 7) is 1.79. The average molecular weight is 146 g/mol. The summed E-state index contributed by atoms with van der Waals surface area (Å²) in [7, 11) is 0. The molecule has 1 fully saturated rings. The van der Waals surface area contributed by atoms with Crippen LogP contribution in [0.4, 0.5) is 4.39 Å². The first-order valence-corrected chi connectivity index (χ1v) is 3.32. The summed E-state index contributed by atoms with van der Waals surface area (Å²) in [5.74, 6) is -0.515. The molecule has 0 aromatic carbocycles. The fourth-order valence-electron chi connectivity index (χ4n) is 0.893. The zero-order chi connectivity index (χ0) is 7.56. The molecule has 0 spiro atoms. The number of hydrogen-bond donors (Lipinski definition) is 2. The molecule has 58 valence electrons. The van der Waals surface area contributed by atoms with E-state index in [1.54, 1.807) is 0 Å². The summed E-state index contributed by atoms with van der Waals surface area (Å²) in [4.78, 5) is 10.4. The fraction of sp³-hybridized carbons (Fsp3) is 0.833. The standard InChI is InChI=1S/C6H11FN2O/c1-4-5(3-8-4)9-6(10)2-7/h4-5,8H,2-3H2,1H3,(H,9,10). The Kier molecular flexibility index (Phi) is 2.21. The third-order valence-electron chi connectivity index (χ3n) is 1.73. The van der Waals surface area contributed by atoms with Crippen LogP contribution in [0.15, 0.2) is 0 Å². The van der Waals surface area contributed by atoms with Crippen LogP contribution in [0.1, 0.15) is 6.92 Å². The van der Waals surface area contributed by atoms with Gasteiger partial charge in [0.2, 0.25) is 0 Å². The molecule has 10 heavy (non-hydrogen) atoms. The number of amides is 1. The van der Waals surface area contributed by atoms with Crippen molar-refractivity contribution in [3.05, 3.63) is 0 Å². The third kappa shape index (κ3) is 1.44. The summed E-state index contributed by atoms with van der Waals surface area (Å²) < 4.78 is 11.6. The van der Waals surface area contributed by atoms with E-state index >= 15 is 0 Å². The summed E-state index contributed by atoms with van der Waals surface area (Å²) >= 11 is 0. The Labute approximate surface area is 59.0 Å². The second-order valence-corrected chi connectivity index (χ2v) is 2.50. The van der Waals surface area contributed by atoms with E-state index in [2.05, 4.69) is 10.6 Å². The first kappa shape index (κ1) is 7.47. The van der Waals surface area contributed by atoms with E-state index in [1.807, 2.05) is 6.92 Å². The van der Waals surface area contributed by atoms with Crippen LogP contribution in [0, 0.1) is 0 Å². The van der Waals surface area contributed by atoms with Crippen molar-refractivity contribution in [3.63, 3.8) is 0 Å². The van der Waals surface area contributed by atoms with E-state index in [1.165, 1.54) is 0 Å². The van der Waals surface area contributed by atoms with Crippen LogP contribution in [0.2, 0.25) is 0 Å². The van der Waals surface area contributed by atoms with Crippen LogP contribution in [0.25, 0.3) is 0 Å². The van der Waals surface area contributed by atoms with Crippen molar-refractivity contribution in [2.45, 2.75) is 19.0 Å². The highest BCUT2D eigenvalue weighted by Gasteiger charge is 2.26. The number of hydrogen-bond acceptors (Lipinski definition) is 2. The van der Waals surface area contributed by atoms with Gasteiger partial charge in [-0.15, -0.1) is 0 Å². The monoisotopic (exact) mass is 146 g/mol. The van der Waals surface area contributed by atoms with Crippen LogP contribution < -0.4 is 10.6 Å². The Hall–Kier alpha value is -0.640. The van der Waals surface area contributed by atoms with E-state index in [0.717, 1.165) is 6.54 Å². The van der Waals surface area contributed by atoms with Crippen LogP contribution in [-0.2, 0) is 4.79 Å². The first-order chi connectivity index (χ1) is 4.74. The Morgan fingerprint density at radius 3 is 2.90 bits per heavy atom. The number of carbonyl (C=O) groups excluding carboxylic acids is 1. The molecule has 1 heterocycles. The molecule has 1 rings (SSSR count). The lowest BCUT2D eigenvalue weighted by atomic mass is 10.0. The first-order valence-electron chi connectivity index (χ1n) is 3.32. The number of nitrogens with one attached hydrogen (secondary N) is 2. The molecule has 0 saturated carbocycles. The molecule has 0 radical (unpaired) electrons. The highest BCUT2D eigenvalue weighted by molar-refractivity contribution is 5.77. The minimum atomic E-state index is -0.913. The molecule has 1 aliphatic rings. The maximum Gasteiger partial charge on any atom is 0.251 e. The Morgan fingerprint density at radius 2 is 2.60 bits per heavy atom. The summed E-state index contributed by atoms with van der Waals surface area (Å²) in [5, 5.41) is 5.59. The van der Waals surface area contributed by atoms with Gasteiger partial charge in [-0.2, -0.15) is 0 Å². The Balaban J connectivity index is 2.19. The molecule has 0 aliphatic carbocycles. The van der Waals surface area contributed by atoms with Crippen molar-refractivity contribution in [3.8, 4) is 0 Å². The third-order valence-corrected chi connectivity index (χ3v) is 1.73. The molecule has 2 atom stereocenters. The van der Waals surface area contributed by atoms with E-state index in [4.69, 9.17) is 0 Å². The molecule has 2 unspecified atom stereocenters. The van der Waals surface area contributed by atoms with Crippen molar-refractivity contribution in [1.82, 2.24) is 10.6 Å². The number of carbonyl (C=O) groups is 1. The summed E-state index contributed by atoms with van der Waals surface area (Å²) in [5.41, 5.74) is 0. The van der Waals surface area contributed by atoms with Crippen LogP contribution >= 0.6 is 0 Å². The predicted octanol–water partition coefficient (Wildman–Crippen LogP) is -0.568. The minimum absolute atomic E-state index is 0.128. The molecule has 0 bridgehead atoms. The van der Waals surface area contributed by atoms with Gasteiger partial charge in [-0.25, -0.2) is 4.39 Å². The van der Waals surface area contributed by atoms with Crippen molar-refractivity contribution in [2.75, 3.05) is 13.2 Å². The second kappa shape index (κ2) is 2.96. The highest BCUT2D eigenvalue weighted by atomic mass is 19.1. The molecular formula is C6H11FN2O. The smallest absolute Gasteiger partial charge is 0.251 e. The number of alkyl halides is 1. The molecule has 0 aromatic rings. The van der Waals surface area contributed by atoms with Gasteiger partial charge in [0.15, 0.2) is 6.67 Å². The van der Waals surface area contributed by atoms with Crippen LogP contribution in [0.3, 0.4) is 0 Å². The summed E-state index contributed by atoms with van der Waals surface area (Å²) in [6.07, 6.45) is 0. The molecule has 1 saturated heterocycles. The van der Waals surface area contributed by atoms with Gasteiger partial charge in [-0.3, -0.25) is 4.79 Å². The van der Waals surface area contributed by atoms with Gasteiger partial charge in [-0.1, -0.05) is 0 Å². The lowest BCUT2D eigenvalue weighted by molar-refractivity contribution is -0.123. The molecular weight excluding hydrogens is 135 g/mol. The average Bonchev–Trinajstić information content (AvgIpc) is 1.96. The van der Waals surface area contributed by atoms with Gasteiger partial charge < -0.3 is 10.6 Å². The van der Waals surface area contributed by atoms with Gasteiger partial charge in [0.05, 0.1) is 6.04 Å². The van der Waals surface area contributed by atoms with Crippen molar-refractivity contribution in [1.29, 1.82) is 0 Å². The quantitative estimate of drug-likeness (QED) is 0.548. The molecule has 1 aliphatic heterocycles. The van der Waals surface area contributed by atoms with Crippen LogP contribution in [-0.4, -0.2) is 31.2 Å². The lowest BCUT2D eigenvalue weighted by Gasteiger charge is -2.35. The maximum atomic E-state index is 11.6. The SMILES string of the molecule is CC1NCC1NC(=O)CF. The summed E-state index contributed by atoms with van der Waals surface area (Å²) in [6, 6.07) is 0.416. The zero-order valence-corrected chi connectivity index (χ0v) is 5.86. The van der Waals surface area contributed by atoms with E-state index in [-0.39, 0.29) is 12.1 Å². The molecule has 1 amide bonds. The normalized spacial score (nSPS) is 31.0. The topological polar surface area (TPSA) is 41.1 Å². The molecule has 4 heteroatoms. The van der Waals surface area contributed by atoms with Gasteiger partial charge in [0, 0.05) is 12.6 Å². The Morgan fingerprint density at radius 1 is 1.90 bits per heavy atom. The van der Waals surface area contributed by atoms with Crippen molar-refractivity contribution in [2.24, 2.45) is 0 Å². The number of rotatable bonds is 2. The zero-order valence-electron chi connectivity index (χ0n) is 5.86. The van der Waals surface area contributed by atoms with Gasteiger partial charge in [0.25, 0.3) is 5.91 Å². The van der Waals surface area contributed by atoms with Gasteiger partial charge in [-0.05, 0) is 6.92 Å². The molecule has 3 nitrogen and oxygen atoms in total. The largest absolute Gasteiger partial charge is 0.348 e. The van der Waals surface area contributed by atoms with Crippen LogP contribution in [0.5, 0.6) is 0 Å². The highest BCUT2D eigenvalue weighted by Crippen LogP contribution is 2.01. The predicted molar refractivity (Wildman–Crippen MR) is 35.4 cm³/mol. The van der Waals surface area contributed by atoms with Gasteiger partial charge >= 0.3 is 0 Å². The maximum absolute atomic E-state index is 11.6. The fourth-order valence-corrected chi connectivity index (χ4v) is 0.893. The van der Waals surface area contributed by atoms with Gasteiger partial charge in [0.1, 0.15) is 0 Å². The second-order valence-electron chi connectivity index (χ2n) is 2.50. The van der Waals surface area contributed by atoms with E-state index in [9.17, 15) is 9.18 Å². The minimum Gasteiger partial charge on any atom is -0.348 e. The Bertz CT molecular complexity index is 140. The van der Waals surface area contributed by atoms with Crippen molar-refractivity contribution >= 4 is 5.91 Å². The lowest BCUT2D eigenvalue weighted by Crippen LogP contribution is -2.63.